The van der Waals surface area contributed by atoms with Crippen molar-refractivity contribution in [3.63, 3.8) is 0 Å². The molecule has 0 spiro atoms. The monoisotopic (exact) mass is 244 g/mol. The molecule has 0 aliphatic carbocycles. The molecule has 0 radical (unpaired) electrons. The van der Waals surface area contributed by atoms with E-state index in [4.69, 9.17) is 0 Å². The highest BCUT2D eigenvalue weighted by atomic mass is 16.1. The molecule has 5 nitrogen and oxygen atoms in total. The predicted molar refractivity (Wildman–Crippen MR) is 69.0 cm³/mol. The summed E-state index contributed by atoms with van der Waals surface area (Å²) in [7, 11) is 0. The molecule has 2 rings (SSSR count). The Hall–Kier alpha value is -2.17. The zero-order chi connectivity index (χ0) is 13.0. The third-order valence-corrected chi connectivity index (χ3v) is 2.69. The van der Waals surface area contributed by atoms with E-state index in [1.807, 2.05) is 38.1 Å². The van der Waals surface area contributed by atoms with Crippen LogP contribution in [-0.4, -0.2) is 20.7 Å². The molecule has 0 saturated carbocycles. The molecule has 0 saturated heterocycles. The van der Waals surface area contributed by atoms with Gasteiger partial charge in [-0.05, 0) is 19.1 Å². The molecule has 1 atom stereocenters. The number of hydrogen-bond acceptors (Lipinski definition) is 3. The quantitative estimate of drug-likeness (QED) is 0.893. The number of benzene rings is 1. The van der Waals surface area contributed by atoms with Crippen molar-refractivity contribution in [3.8, 4) is 0 Å². The first-order valence-electron chi connectivity index (χ1n) is 5.85. The molecule has 1 aromatic carbocycles. The van der Waals surface area contributed by atoms with Crippen LogP contribution >= 0.6 is 0 Å². The lowest BCUT2D eigenvalue weighted by Crippen LogP contribution is -2.24. The Kier molecular flexibility index (Phi) is 3.72. The number of carbonyl (C=O) groups is 1. The van der Waals surface area contributed by atoms with E-state index in [2.05, 4.69) is 15.4 Å². The molecular formula is C13H16N4O. The van der Waals surface area contributed by atoms with Gasteiger partial charge >= 0.3 is 0 Å². The molecule has 1 aromatic heterocycles. The number of nitrogens with zero attached hydrogens (tertiary/aromatic N) is 3. The highest BCUT2D eigenvalue weighted by molar-refractivity contribution is 5.92. The molecule has 94 valence electrons. The van der Waals surface area contributed by atoms with Crippen molar-refractivity contribution in [3.05, 3.63) is 42.5 Å². The van der Waals surface area contributed by atoms with Crippen LogP contribution in [0.5, 0.6) is 0 Å². The summed E-state index contributed by atoms with van der Waals surface area (Å²) in [5.41, 5.74) is 1.99. The molecule has 0 aliphatic rings. The Morgan fingerprint density at radius 1 is 1.39 bits per heavy atom. The van der Waals surface area contributed by atoms with Crippen LogP contribution in [-0.2, 0) is 11.3 Å². The van der Waals surface area contributed by atoms with Crippen LogP contribution < -0.4 is 5.32 Å². The van der Waals surface area contributed by atoms with Crippen molar-refractivity contribution < 1.29 is 4.79 Å². The molecular weight excluding hydrogens is 228 g/mol. The van der Waals surface area contributed by atoms with E-state index in [-0.39, 0.29) is 11.8 Å². The number of amides is 1. The maximum absolute atomic E-state index is 12.0. The van der Waals surface area contributed by atoms with Crippen molar-refractivity contribution in [2.45, 2.75) is 20.4 Å². The minimum absolute atomic E-state index is 0.0191. The second-order valence-corrected chi connectivity index (χ2v) is 4.37. The van der Waals surface area contributed by atoms with Crippen molar-refractivity contribution in [1.29, 1.82) is 0 Å². The van der Waals surface area contributed by atoms with Gasteiger partial charge in [-0.2, -0.15) is 5.10 Å². The van der Waals surface area contributed by atoms with Crippen molar-refractivity contribution in [2.24, 2.45) is 5.92 Å². The number of aryl methyl sites for hydroxylation is 1. The first-order valence-corrected chi connectivity index (χ1v) is 5.85. The second kappa shape index (κ2) is 5.44. The average Bonchev–Trinajstić information content (AvgIpc) is 2.85. The molecule has 1 N–H and O–H groups in total. The van der Waals surface area contributed by atoms with Gasteiger partial charge in [-0.3, -0.25) is 9.48 Å². The fourth-order valence-electron chi connectivity index (χ4n) is 1.59. The predicted octanol–water partition coefficient (Wildman–Crippen LogP) is 1.86. The van der Waals surface area contributed by atoms with Crippen molar-refractivity contribution >= 4 is 11.6 Å². The van der Waals surface area contributed by atoms with E-state index < -0.39 is 0 Å². The lowest BCUT2D eigenvalue weighted by molar-refractivity contribution is -0.119. The number of aromatic nitrogens is 3. The first kappa shape index (κ1) is 12.3. The third-order valence-electron chi connectivity index (χ3n) is 2.69. The van der Waals surface area contributed by atoms with Gasteiger partial charge in [-0.25, -0.2) is 4.98 Å². The van der Waals surface area contributed by atoms with Gasteiger partial charge in [0.25, 0.3) is 0 Å². The highest BCUT2D eigenvalue weighted by Crippen LogP contribution is 2.10. The molecule has 0 aliphatic heterocycles. The van der Waals surface area contributed by atoms with Crippen molar-refractivity contribution in [1.82, 2.24) is 14.8 Å². The van der Waals surface area contributed by atoms with Gasteiger partial charge in [-0.1, -0.05) is 24.6 Å². The zero-order valence-corrected chi connectivity index (χ0v) is 10.5. The van der Waals surface area contributed by atoms with Gasteiger partial charge in [0.2, 0.25) is 5.91 Å². The lowest BCUT2D eigenvalue weighted by Gasteiger charge is -2.12. The Bertz CT molecular complexity index is 504. The minimum Gasteiger partial charge on any atom is -0.326 e. The zero-order valence-electron chi connectivity index (χ0n) is 10.5. The van der Waals surface area contributed by atoms with Crippen LogP contribution in [0.4, 0.5) is 5.69 Å². The van der Waals surface area contributed by atoms with Crippen LogP contribution in [0.2, 0.25) is 0 Å². The van der Waals surface area contributed by atoms with E-state index in [1.165, 1.54) is 11.9 Å². The van der Waals surface area contributed by atoms with Gasteiger partial charge in [-0.15, -0.1) is 0 Å². The van der Waals surface area contributed by atoms with Gasteiger partial charge in [0.15, 0.2) is 0 Å². The highest BCUT2D eigenvalue weighted by Gasteiger charge is 2.13. The topological polar surface area (TPSA) is 59.8 Å². The maximum Gasteiger partial charge on any atom is 0.229 e. The van der Waals surface area contributed by atoms with Gasteiger partial charge < -0.3 is 5.32 Å². The summed E-state index contributed by atoms with van der Waals surface area (Å²) >= 11 is 0. The van der Waals surface area contributed by atoms with Crippen LogP contribution in [0.15, 0.2) is 36.9 Å². The molecule has 2 aromatic rings. The second-order valence-electron chi connectivity index (χ2n) is 4.37. The van der Waals surface area contributed by atoms with E-state index in [0.29, 0.717) is 6.54 Å². The third kappa shape index (κ3) is 3.16. The summed E-state index contributed by atoms with van der Waals surface area (Å²) in [6.45, 7) is 4.40. The smallest absolute Gasteiger partial charge is 0.229 e. The van der Waals surface area contributed by atoms with E-state index >= 15 is 0 Å². The summed E-state index contributed by atoms with van der Waals surface area (Å²) in [5, 5.41) is 6.86. The Morgan fingerprint density at radius 2 is 2.11 bits per heavy atom. The molecule has 0 bridgehead atoms. The van der Waals surface area contributed by atoms with Crippen molar-refractivity contribution in [2.75, 3.05) is 5.32 Å². The molecule has 0 fully saturated rings. The Balaban J connectivity index is 1.93. The molecule has 1 heterocycles. The number of nitrogens with one attached hydrogen (secondary N) is 1. The number of anilines is 1. The van der Waals surface area contributed by atoms with E-state index in [0.717, 1.165) is 5.69 Å². The van der Waals surface area contributed by atoms with Crippen LogP contribution in [0.3, 0.4) is 0 Å². The molecule has 18 heavy (non-hydrogen) atoms. The summed E-state index contributed by atoms with van der Waals surface area (Å²) in [5.74, 6) is -0.178. The normalized spacial score (nSPS) is 12.1. The number of hydrogen-bond donors (Lipinski definition) is 1. The van der Waals surface area contributed by atoms with Crippen LogP contribution in [0.25, 0.3) is 0 Å². The van der Waals surface area contributed by atoms with Gasteiger partial charge in [0, 0.05) is 5.69 Å². The fraction of sp³-hybridized carbons (Fsp3) is 0.308. The number of carbonyl (C=O) groups excluding carboxylic acids is 1. The standard InChI is InChI=1S/C13H16N4O/c1-10-3-5-12(6-4-10)16-13(18)11(2)7-17-9-14-8-15-17/h3-6,8-9,11H,7H2,1-2H3,(H,16,18)/t11-/m0/s1. The summed E-state index contributed by atoms with van der Waals surface area (Å²) in [6.07, 6.45) is 3.07. The van der Waals surface area contributed by atoms with E-state index in [9.17, 15) is 4.79 Å². The maximum atomic E-state index is 12.0. The minimum atomic E-state index is -0.159. The Labute approximate surface area is 106 Å². The largest absolute Gasteiger partial charge is 0.326 e. The average molecular weight is 244 g/mol. The first-order chi connectivity index (χ1) is 8.65. The molecule has 0 unspecified atom stereocenters. The fourth-order valence-corrected chi connectivity index (χ4v) is 1.59. The lowest BCUT2D eigenvalue weighted by atomic mass is 10.1. The Morgan fingerprint density at radius 3 is 2.72 bits per heavy atom. The van der Waals surface area contributed by atoms with Gasteiger partial charge in [0.05, 0.1) is 12.5 Å². The molecule has 5 heteroatoms. The summed E-state index contributed by atoms with van der Waals surface area (Å²) in [4.78, 5) is 15.8. The summed E-state index contributed by atoms with van der Waals surface area (Å²) < 4.78 is 1.65. The molecule has 1 amide bonds. The van der Waals surface area contributed by atoms with E-state index in [1.54, 1.807) is 11.0 Å². The SMILES string of the molecule is Cc1ccc(NC(=O)[C@@H](C)Cn2cncn2)cc1. The van der Waals surface area contributed by atoms with Gasteiger partial charge in [0.1, 0.15) is 12.7 Å². The summed E-state index contributed by atoms with van der Waals surface area (Å²) in [6, 6.07) is 7.74. The van der Waals surface area contributed by atoms with Crippen LogP contribution in [0, 0.1) is 12.8 Å². The number of rotatable bonds is 4. The van der Waals surface area contributed by atoms with Crippen LogP contribution in [0.1, 0.15) is 12.5 Å².